The van der Waals surface area contributed by atoms with E-state index in [9.17, 15) is 22.8 Å². The van der Waals surface area contributed by atoms with E-state index in [-0.39, 0.29) is 18.0 Å². The third-order valence-electron chi connectivity index (χ3n) is 9.37. The summed E-state index contributed by atoms with van der Waals surface area (Å²) < 4.78 is 51.6. The minimum atomic E-state index is -4.51. The number of rotatable bonds is 11. The maximum absolute atomic E-state index is 13.7. The number of likely N-dealkylation sites (tertiary alicyclic amines) is 1. The Morgan fingerprint density at radius 2 is 1.51 bits per heavy atom. The Kier molecular flexibility index (Phi) is 10.6. The largest absolute Gasteiger partial charge is 0.405 e. The van der Waals surface area contributed by atoms with Crippen molar-refractivity contribution in [1.82, 2.24) is 15.5 Å². The van der Waals surface area contributed by atoms with Crippen LogP contribution in [0.25, 0.3) is 11.1 Å². The molecule has 3 aromatic carbocycles. The number of benzene rings is 3. The minimum absolute atomic E-state index is 0.00952. The number of nitrogens with one attached hydrogen (secondary N) is 2. The van der Waals surface area contributed by atoms with Gasteiger partial charge in [0.25, 0.3) is 0 Å². The minimum Gasteiger partial charge on any atom is -0.347 e. The highest BCUT2D eigenvalue weighted by atomic mass is 31.2. The van der Waals surface area contributed by atoms with E-state index in [1.807, 2.05) is 66.7 Å². The molecule has 2 N–H and O–H groups in total. The maximum atomic E-state index is 13.7. The zero-order valence-electron chi connectivity index (χ0n) is 26.3. The monoisotopic (exact) mass is 667 g/mol. The molecule has 1 aliphatic carbocycles. The van der Waals surface area contributed by atoms with Crippen LogP contribution in [0, 0.1) is 0 Å². The van der Waals surface area contributed by atoms with Gasteiger partial charge in [-0.05, 0) is 60.0 Å². The molecule has 0 aromatic heterocycles. The van der Waals surface area contributed by atoms with Gasteiger partial charge in [0.2, 0.25) is 11.8 Å². The van der Waals surface area contributed by atoms with E-state index >= 15 is 0 Å². The van der Waals surface area contributed by atoms with Crippen molar-refractivity contribution in [3.05, 3.63) is 95.6 Å². The first kappa shape index (κ1) is 33.6. The van der Waals surface area contributed by atoms with Gasteiger partial charge in [0.05, 0.1) is 25.3 Å². The third-order valence-corrected chi connectivity index (χ3v) is 10.9. The first-order chi connectivity index (χ1) is 22.7. The number of halogens is 3. The van der Waals surface area contributed by atoms with Crippen LogP contribution in [0.5, 0.6) is 0 Å². The summed E-state index contributed by atoms with van der Waals surface area (Å²) in [5.41, 5.74) is 3.18. The van der Waals surface area contributed by atoms with E-state index in [0.717, 1.165) is 54.6 Å². The van der Waals surface area contributed by atoms with Crippen LogP contribution >= 0.6 is 8.38 Å². The van der Waals surface area contributed by atoms with Gasteiger partial charge < -0.3 is 19.7 Å². The highest BCUT2D eigenvalue weighted by Crippen LogP contribution is 2.52. The first-order valence-electron chi connectivity index (χ1n) is 16.4. The van der Waals surface area contributed by atoms with Gasteiger partial charge in [0.15, 0.2) is 8.38 Å². The zero-order valence-corrected chi connectivity index (χ0v) is 27.2. The average molecular weight is 668 g/mol. The van der Waals surface area contributed by atoms with Crippen LogP contribution in [0.4, 0.5) is 13.2 Å². The van der Waals surface area contributed by atoms with Crippen LogP contribution in [-0.4, -0.2) is 67.4 Å². The molecule has 0 saturated carbocycles. The Bertz CT molecular complexity index is 1490. The zero-order chi connectivity index (χ0) is 32.9. The molecule has 3 aliphatic rings. The predicted octanol–water partition coefficient (Wildman–Crippen LogP) is 6.70. The van der Waals surface area contributed by atoms with Crippen molar-refractivity contribution >= 4 is 20.2 Å². The number of fused-ring (bicyclic) bond motifs is 3. The molecule has 7 nitrogen and oxygen atoms in total. The number of piperidine rings is 1. The Morgan fingerprint density at radius 1 is 0.872 bits per heavy atom. The van der Waals surface area contributed by atoms with Crippen LogP contribution in [0.1, 0.15) is 55.2 Å². The van der Waals surface area contributed by atoms with E-state index in [1.165, 1.54) is 5.56 Å². The highest BCUT2D eigenvalue weighted by Gasteiger charge is 2.49. The number of unbranched alkanes of at least 4 members (excludes halogenated alkanes) is 1. The fraction of sp³-hybridized carbons (Fsp3) is 0.444. The molecule has 2 heterocycles. The number of amides is 2. The van der Waals surface area contributed by atoms with E-state index in [4.69, 9.17) is 9.05 Å². The number of carbonyl (C=O) groups excluding carboxylic acids is 2. The Labute approximate surface area is 275 Å². The molecular formula is C36H41F3N3O4P. The molecule has 2 amide bonds. The summed E-state index contributed by atoms with van der Waals surface area (Å²) in [5.74, 6) is -0.628. The molecule has 2 aliphatic heterocycles. The molecule has 11 heteroatoms. The molecule has 6 rings (SSSR count). The second-order valence-corrected chi connectivity index (χ2v) is 14.2. The number of nitrogens with zero attached hydrogens (tertiary/aromatic N) is 1. The van der Waals surface area contributed by atoms with Gasteiger partial charge in [-0.15, -0.1) is 0 Å². The molecule has 47 heavy (non-hydrogen) atoms. The molecule has 3 aromatic rings. The summed E-state index contributed by atoms with van der Waals surface area (Å²) >= 11 is 0. The molecule has 1 atom stereocenters. The third kappa shape index (κ3) is 7.72. The molecule has 0 spiro atoms. The lowest BCUT2D eigenvalue weighted by atomic mass is 9.73. The summed E-state index contributed by atoms with van der Waals surface area (Å²) in [5, 5.41) is 5.33. The van der Waals surface area contributed by atoms with Gasteiger partial charge in [-0.1, -0.05) is 91.7 Å². The summed E-state index contributed by atoms with van der Waals surface area (Å²) in [6, 6.07) is 24.7. The van der Waals surface area contributed by atoms with Gasteiger partial charge in [0.1, 0.15) is 12.0 Å². The average Bonchev–Trinajstić information content (AvgIpc) is 3.37. The van der Waals surface area contributed by atoms with Crippen molar-refractivity contribution in [1.29, 1.82) is 0 Å². The molecule has 2 fully saturated rings. The van der Waals surface area contributed by atoms with E-state index in [0.29, 0.717) is 38.6 Å². The second kappa shape index (κ2) is 14.9. The van der Waals surface area contributed by atoms with Crippen LogP contribution in [0.3, 0.4) is 0 Å². The van der Waals surface area contributed by atoms with E-state index in [2.05, 4.69) is 27.7 Å². The topological polar surface area (TPSA) is 79.9 Å². The number of carbonyl (C=O) groups is 2. The SMILES string of the molecule is O=C(N[C@H]1CO[P@](CCCCC2(C(=O)NCC(F)(F)F)c3ccccc3-c3ccccc32)OC1)C1CCCCN1Cc1ccccc1. The normalized spacial score (nSPS) is 22.2. The first-order valence-corrected chi connectivity index (χ1v) is 17.8. The number of hydrogen-bond acceptors (Lipinski definition) is 5. The molecule has 2 saturated heterocycles. The standard InChI is InChI=1S/C36H41F3N3O4P/c37-36(38,39)25-40-34(44)35(30-16-6-4-14-28(30)29-15-5-7-17-31(29)35)19-9-11-21-47-45-23-27(24-46-47)41-33(43)32-18-8-10-20-42(32)22-26-12-2-1-3-13-26/h1-7,12-17,27,32H,8-11,18-25H2,(H,40,44)(H,41,43)/t27-,32?,47-. The van der Waals surface area contributed by atoms with Gasteiger partial charge in [-0.25, -0.2) is 0 Å². The van der Waals surface area contributed by atoms with Crippen LogP contribution in [-0.2, 0) is 30.6 Å². The predicted molar refractivity (Wildman–Crippen MR) is 176 cm³/mol. The van der Waals surface area contributed by atoms with Crippen LogP contribution in [0.2, 0.25) is 0 Å². The summed E-state index contributed by atoms with van der Waals surface area (Å²) in [6.07, 6.45) is 0.668. The van der Waals surface area contributed by atoms with Crippen molar-refractivity contribution in [2.24, 2.45) is 0 Å². The van der Waals surface area contributed by atoms with Crippen LogP contribution in [0.15, 0.2) is 78.9 Å². The summed E-state index contributed by atoms with van der Waals surface area (Å²) in [7, 11) is -1.17. The smallest absolute Gasteiger partial charge is 0.347 e. The highest BCUT2D eigenvalue weighted by molar-refractivity contribution is 7.47. The molecule has 1 unspecified atom stereocenters. The Morgan fingerprint density at radius 3 is 2.17 bits per heavy atom. The summed E-state index contributed by atoms with van der Waals surface area (Å²) in [4.78, 5) is 29.2. The lowest BCUT2D eigenvalue weighted by Crippen LogP contribution is -2.53. The van der Waals surface area contributed by atoms with E-state index in [1.54, 1.807) is 0 Å². The lowest BCUT2D eigenvalue weighted by molar-refractivity contribution is -0.141. The second-order valence-electron chi connectivity index (χ2n) is 12.6. The molecule has 0 radical (unpaired) electrons. The quantitative estimate of drug-likeness (QED) is 0.176. The summed E-state index contributed by atoms with van der Waals surface area (Å²) in [6.45, 7) is 0.984. The van der Waals surface area contributed by atoms with Gasteiger partial charge >= 0.3 is 6.18 Å². The van der Waals surface area contributed by atoms with Gasteiger partial charge in [-0.3, -0.25) is 14.5 Å². The van der Waals surface area contributed by atoms with E-state index < -0.39 is 32.4 Å². The number of hydrogen-bond donors (Lipinski definition) is 2. The van der Waals surface area contributed by atoms with Crippen molar-refractivity contribution in [3.63, 3.8) is 0 Å². The van der Waals surface area contributed by atoms with Gasteiger partial charge in [-0.2, -0.15) is 13.2 Å². The maximum Gasteiger partial charge on any atom is 0.405 e. The van der Waals surface area contributed by atoms with Crippen molar-refractivity contribution in [2.45, 2.75) is 68.7 Å². The Hall–Kier alpha value is -3.30. The number of alkyl halides is 3. The molecular weight excluding hydrogens is 626 g/mol. The van der Waals surface area contributed by atoms with Crippen LogP contribution < -0.4 is 10.6 Å². The molecule has 0 bridgehead atoms. The van der Waals surface area contributed by atoms with Crippen molar-refractivity contribution < 1.29 is 31.8 Å². The van der Waals surface area contributed by atoms with Crippen molar-refractivity contribution in [3.8, 4) is 11.1 Å². The van der Waals surface area contributed by atoms with Crippen molar-refractivity contribution in [2.75, 3.05) is 32.5 Å². The lowest BCUT2D eigenvalue weighted by Gasteiger charge is -2.36. The molecule has 250 valence electrons. The Balaban J connectivity index is 1.02. The van der Waals surface area contributed by atoms with Gasteiger partial charge in [0, 0.05) is 12.7 Å². The fourth-order valence-electron chi connectivity index (χ4n) is 7.15. The fourth-order valence-corrected chi connectivity index (χ4v) is 8.66.